The van der Waals surface area contributed by atoms with Crippen LogP contribution in [0.5, 0.6) is 0 Å². The zero-order valence-corrected chi connectivity index (χ0v) is 11.7. The summed E-state index contributed by atoms with van der Waals surface area (Å²) in [6.07, 6.45) is 1.11. The number of nitrogens with one attached hydrogen (secondary N) is 1. The predicted molar refractivity (Wildman–Crippen MR) is 75.4 cm³/mol. The Kier molecular flexibility index (Phi) is 6.23. The number of benzene rings is 1. The molecule has 0 aromatic heterocycles. The van der Waals surface area contributed by atoms with Gasteiger partial charge in [-0.1, -0.05) is 45.0 Å². The lowest BCUT2D eigenvalue weighted by atomic mass is 10.0. The molecule has 2 heteroatoms. The average molecular weight is 234 g/mol. The van der Waals surface area contributed by atoms with Gasteiger partial charge in [-0.05, 0) is 37.7 Å². The van der Waals surface area contributed by atoms with Gasteiger partial charge in [0.25, 0.3) is 0 Å². The molecule has 0 aliphatic carbocycles. The quantitative estimate of drug-likeness (QED) is 0.780. The first-order valence-corrected chi connectivity index (χ1v) is 6.72. The molecule has 17 heavy (non-hydrogen) atoms. The summed E-state index contributed by atoms with van der Waals surface area (Å²) in [5.41, 5.74) is 2.80. The van der Waals surface area contributed by atoms with Gasteiger partial charge in [0.05, 0.1) is 0 Å². The van der Waals surface area contributed by atoms with Gasteiger partial charge in [-0.25, -0.2) is 0 Å². The SMILES string of the molecule is CCNC(CN(C)CC)c1ccc(CC)cc1. The lowest BCUT2D eigenvalue weighted by Crippen LogP contribution is -2.32. The van der Waals surface area contributed by atoms with Crippen molar-refractivity contribution in [3.63, 3.8) is 0 Å². The van der Waals surface area contributed by atoms with E-state index in [1.807, 2.05) is 0 Å². The maximum absolute atomic E-state index is 3.56. The minimum atomic E-state index is 0.441. The summed E-state index contributed by atoms with van der Waals surface area (Å²) in [5, 5.41) is 3.56. The van der Waals surface area contributed by atoms with Crippen molar-refractivity contribution in [2.24, 2.45) is 0 Å². The third kappa shape index (κ3) is 4.49. The standard InChI is InChI=1S/C15H26N2/c1-5-13-8-10-14(11-9-13)15(16-6-2)12-17(4)7-3/h8-11,15-16H,5-7,12H2,1-4H3. The molecule has 1 aromatic rings. The molecular weight excluding hydrogens is 208 g/mol. The van der Waals surface area contributed by atoms with Crippen LogP contribution in [0.1, 0.15) is 37.9 Å². The molecule has 0 saturated heterocycles. The molecule has 1 N–H and O–H groups in total. The monoisotopic (exact) mass is 234 g/mol. The molecule has 0 spiro atoms. The lowest BCUT2D eigenvalue weighted by molar-refractivity contribution is 0.305. The molecule has 0 amide bonds. The van der Waals surface area contributed by atoms with Gasteiger partial charge in [-0.3, -0.25) is 0 Å². The van der Waals surface area contributed by atoms with Gasteiger partial charge in [0.2, 0.25) is 0 Å². The Morgan fingerprint density at radius 1 is 1.12 bits per heavy atom. The Bertz CT molecular complexity index is 305. The van der Waals surface area contributed by atoms with E-state index in [9.17, 15) is 0 Å². The fourth-order valence-corrected chi connectivity index (χ4v) is 1.96. The highest BCUT2D eigenvalue weighted by Gasteiger charge is 2.11. The minimum absolute atomic E-state index is 0.441. The highest BCUT2D eigenvalue weighted by Crippen LogP contribution is 2.15. The van der Waals surface area contributed by atoms with Crippen LogP contribution in [0.3, 0.4) is 0 Å². The molecule has 0 fully saturated rings. The first-order chi connectivity index (χ1) is 8.21. The highest BCUT2D eigenvalue weighted by atomic mass is 15.1. The summed E-state index contributed by atoms with van der Waals surface area (Å²) >= 11 is 0. The predicted octanol–water partition coefficient (Wildman–Crippen LogP) is 2.85. The first-order valence-electron chi connectivity index (χ1n) is 6.72. The number of hydrogen-bond acceptors (Lipinski definition) is 2. The second kappa shape index (κ2) is 7.46. The Balaban J connectivity index is 2.73. The smallest absolute Gasteiger partial charge is 0.0449 e. The van der Waals surface area contributed by atoms with Crippen molar-refractivity contribution in [2.75, 3.05) is 26.7 Å². The van der Waals surface area contributed by atoms with Crippen LogP contribution in [0.25, 0.3) is 0 Å². The molecule has 96 valence electrons. The molecule has 1 atom stereocenters. The normalized spacial score (nSPS) is 13.0. The second-order valence-electron chi connectivity index (χ2n) is 4.56. The molecule has 0 radical (unpaired) electrons. The maximum atomic E-state index is 3.56. The molecule has 1 rings (SSSR count). The molecule has 2 nitrogen and oxygen atoms in total. The minimum Gasteiger partial charge on any atom is -0.309 e. The van der Waals surface area contributed by atoms with E-state index in [0.717, 1.165) is 26.1 Å². The van der Waals surface area contributed by atoms with E-state index in [-0.39, 0.29) is 0 Å². The van der Waals surface area contributed by atoms with E-state index in [1.165, 1.54) is 11.1 Å². The van der Waals surface area contributed by atoms with Gasteiger partial charge in [-0.2, -0.15) is 0 Å². The number of likely N-dealkylation sites (N-methyl/N-ethyl adjacent to an activating group) is 2. The van der Waals surface area contributed by atoms with Crippen molar-refractivity contribution in [1.29, 1.82) is 0 Å². The maximum Gasteiger partial charge on any atom is 0.0449 e. The van der Waals surface area contributed by atoms with Crippen LogP contribution in [0.2, 0.25) is 0 Å². The fourth-order valence-electron chi connectivity index (χ4n) is 1.96. The number of aryl methyl sites for hydroxylation is 1. The molecule has 1 unspecified atom stereocenters. The van der Waals surface area contributed by atoms with E-state index in [0.29, 0.717) is 6.04 Å². The van der Waals surface area contributed by atoms with Crippen LogP contribution in [-0.2, 0) is 6.42 Å². The van der Waals surface area contributed by atoms with Crippen molar-refractivity contribution >= 4 is 0 Å². The first kappa shape index (κ1) is 14.2. The van der Waals surface area contributed by atoms with Crippen molar-refractivity contribution in [3.05, 3.63) is 35.4 Å². The van der Waals surface area contributed by atoms with Gasteiger partial charge < -0.3 is 10.2 Å². The molecular formula is C15H26N2. The zero-order valence-electron chi connectivity index (χ0n) is 11.7. The summed E-state index contributed by atoms with van der Waals surface area (Å²) in [7, 11) is 2.17. The Morgan fingerprint density at radius 3 is 2.24 bits per heavy atom. The summed E-state index contributed by atoms with van der Waals surface area (Å²) in [6, 6.07) is 9.44. The average Bonchev–Trinajstić information content (AvgIpc) is 2.38. The largest absolute Gasteiger partial charge is 0.309 e. The number of nitrogens with zero attached hydrogens (tertiary/aromatic N) is 1. The number of rotatable bonds is 7. The second-order valence-corrected chi connectivity index (χ2v) is 4.56. The Morgan fingerprint density at radius 2 is 1.76 bits per heavy atom. The molecule has 0 aliphatic rings. The number of hydrogen-bond donors (Lipinski definition) is 1. The molecule has 0 saturated carbocycles. The highest BCUT2D eigenvalue weighted by molar-refractivity contribution is 5.25. The van der Waals surface area contributed by atoms with Crippen LogP contribution in [-0.4, -0.2) is 31.6 Å². The van der Waals surface area contributed by atoms with Crippen molar-refractivity contribution in [3.8, 4) is 0 Å². The van der Waals surface area contributed by atoms with Crippen molar-refractivity contribution in [2.45, 2.75) is 33.2 Å². The van der Waals surface area contributed by atoms with Crippen molar-refractivity contribution in [1.82, 2.24) is 10.2 Å². The third-order valence-corrected chi connectivity index (χ3v) is 3.27. The van der Waals surface area contributed by atoms with E-state index in [4.69, 9.17) is 0 Å². The fraction of sp³-hybridized carbons (Fsp3) is 0.600. The summed E-state index contributed by atoms with van der Waals surface area (Å²) in [6.45, 7) is 9.73. The Hall–Kier alpha value is -0.860. The topological polar surface area (TPSA) is 15.3 Å². The molecule has 1 aromatic carbocycles. The zero-order chi connectivity index (χ0) is 12.7. The van der Waals surface area contributed by atoms with Crippen molar-refractivity contribution < 1.29 is 0 Å². The van der Waals surface area contributed by atoms with Crippen LogP contribution in [0, 0.1) is 0 Å². The molecule has 0 aliphatic heterocycles. The van der Waals surface area contributed by atoms with E-state index in [1.54, 1.807) is 0 Å². The van der Waals surface area contributed by atoms with E-state index < -0.39 is 0 Å². The van der Waals surface area contributed by atoms with Crippen LogP contribution < -0.4 is 5.32 Å². The van der Waals surface area contributed by atoms with Gasteiger partial charge in [0.15, 0.2) is 0 Å². The van der Waals surface area contributed by atoms with E-state index in [2.05, 4.69) is 62.3 Å². The van der Waals surface area contributed by atoms with Gasteiger partial charge in [0.1, 0.15) is 0 Å². The van der Waals surface area contributed by atoms with Crippen LogP contribution in [0.15, 0.2) is 24.3 Å². The summed E-state index contributed by atoms with van der Waals surface area (Å²) in [5.74, 6) is 0. The van der Waals surface area contributed by atoms with Gasteiger partial charge in [-0.15, -0.1) is 0 Å². The van der Waals surface area contributed by atoms with Gasteiger partial charge in [0, 0.05) is 12.6 Å². The molecule has 0 bridgehead atoms. The Labute approximate surface area is 106 Å². The molecule has 0 heterocycles. The third-order valence-electron chi connectivity index (χ3n) is 3.27. The lowest BCUT2D eigenvalue weighted by Gasteiger charge is -2.24. The van der Waals surface area contributed by atoms with E-state index >= 15 is 0 Å². The summed E-state index contributed by atoms with van der Waals surface area (Å²) in [4.78, 5) is 2.35. The van der Waals surface area contributed by atoms with Crippen LogP contribution >= 0.6 is 0 Å². The summed E-state index contributed by atoms with van der Waals surface area (Å²) < 4.78 is 0. The van der Waals surface area contributed by atoms with Crippen LogP contribution in [0.4, 0.5) is 0 Å². The van der Waals surface area contributed by atoms with Gasteiger partial charge >= 0.3 is 0 Å².